The van der Waals surface area contributed by atoms with E-state index >= 15 is 0 Å². The van der Waals surface area contributed by atoms with Gasteiger partial charge in [0.25, 0.3) is 5.91 Å². The highest BCUT2D eigenvalue weighted by Gasteiger charge is 2.15. The zero-order valence-electron chi connectivity index (χ0n) is 11.2. The van der Waals surface area contributed by atoms with Gasteiger partial charge in [0.05, 0.1) is 5.69 Å². The van der Waals surface area contributed by atoms with Crippen molar-refractivity contribution in [2.75, 3.05) is 26.0 Å². The summed E-state index contributed by atoms with van der Waals surface area (Å²) in [5.74, 6) is -0.104. The molecule has 1 amide bonds. The Labute approximate surface area is 116 Å². The molecule has 0 bridgehead atoms. The van der Waals surface area contributed by atoms with Gasteiger partial charge in [0, 0.05) is 30.3 Å². The van der Waals surface area contributed by atoms with Crippen molar-refractivity contribution in [3.63, 3.8) is 0 Å². The molecule has 102 valence electrons. The summed E-state index contributed by atoms with van der Waals surface area (Å²) in [6.45, 7) is 3.26. The van der Waals surface area contributed by atoms with Gasteiger partial charge in [-0.25, -0.2) is 0 Å². The molecule has 0 spiro atoms. The first-order valence-corrected chi connectivity index (χ1v) is 7.01. The molecule has 0 aliphatic carbocycles. The highest BCUT2D eigenvalue weighted by atomic mass is 32.1. The van der Waals surface area contributed by atoms with Crippen LogP contribution in [0.4, 0.5) is 5.69 Å². The molecule has 0 saturated carbocycles. The minimum atomic E-state index is -0.104. The van der Waals surface area contributed by atoms with Gasteiger partial charge in [-0.2, -0.15) is 0 Å². The molecular weight excluding hydrogens is 260 g/mol. The maximum Gasteiger partial charge on any atom is 0.263 e. The third-order valence-corrected chi connectivity index (χ3v) is 4.07. The smallest absolute Gasteiger partial charge is 0.263 e. The fourth-order valence-corrected chi connectivity index (χ4v) is 3.03. The van der Waals surface area contributed by atoms with E-state index in [1.807, 2.05) is 19.1 Å². The van der Waals surface area contributed by atoms with Crippen molar-refractivity contribution < 1.29 is 9.53 Å². The average molecular weight is 278 g/mol. The van der Waals surface area contributed by atoms with Gasteiger partial charge in [-0.3, -0.25) is 4.79 Å². The Hall–Kier alpha value is -1.59. The van der Waals surface area contributed by atoms with Crippen LogP contribution < -0.4 is 11.1 Å². The van der Waals surface area contributed by atoms with Crippen molar-refractivity contribution in [3.8, 4) is 0 Å². The van der Waals surface area contributed by atoms with E-state index in [1.165, 1.54) is 16.9 Å². The molecule has 0 atom stereocenters. The number of nitrogen functional groups attached to an aromatic ring is 1. The first-order chi connectivity index (χ1) is 9.13. The predicted octanol–water partition coefficient (Wildman–Crippen LogP) is 2.56. The summed E-state index contributed by atoms with van der Waals surface area (Å²) >= 11 is 1.44. The lowest BCUT2D eigenvalue weighted by Crippen LogP contribution is -2.25. The second kappa shape index (κ2) is 6.04. The Bertz CT molecular complexity index is 592. The van der Waals surface area contributed by atoms with Gasteiger partial charge in [0.1, 0.15) is 4.88 Å². The number of aryl methyl sites for hydroxylation is 1. The Morgan fingerprint density at radius 3 is 3.00 bits per heavy atom. The number of thiophene rings is 1. The molecule has 0 aliphatic rings. The molecule has 0 radical (unpaired) electrons. The first kappa shape index (κ1) is 13.8. The van der Waals surface area contributed by atoms with Gasteiger partial charge >= 0.3 is 0 Å². The number of carbonyl (C=O) groups is 1. The summed E-state index contributed by atoms with van der Waals surface area (Å²) in [4.78, 5) is 12.7. The van der Waals surface area contributed by atoms with Crippen molar-refractivity contribution in [2.45, 2.75) is 13.3 Å². The number of hydrogen-bond donors (Lipinski definition) is 2. The predicted molar refractivity (Wildman–Crippen MR) is 79.8 cm³/mol. The number of rotatable bonds is 5. The highest BCUT2D eigenvalue weighted by molar-refractivity contribution is 7.21. The first-order valence-electron chi connectivity index (χ1n) is 6.19. The van der Waals surface area contributed by atoms with Gasteiger partial charge in [0.2, 0.25) is 0 Å². The third-order valence-electron chi connectivity index (χ3n) is 2.90. The summed E-state index contributed by atoms with van der Waals surface area (Å²) in [7, 11) is 1.65. The molecule has 4 nitrogen and oxygen atoms in total. The van der Waals surface area contributed by atoms with Gasteiger partial charge < -0.3 is 15.8 Å². The number of hydrogen-bond acceptors (Lipinski definition) is 4. The number of benzene rings is 1. The van der Waals surface area contributed by atoms with Crippen molar-refractivity contribution in [2.24, 2.45) is 0 Å². The van der Waals surface area contributed by atoms with Crippen LogP contribution in [0.25, 0.3) is 10.1 Å². The van der Waals surface area contributed by atoms with E-state index in [0.717, 1.165) is 16.5 Å². The normalized spacial score (nSPS) is 10.8. The van der Waals surface area contributed by atoms with Crippen LogP contribution >= 0.6 is 11.3 Å². The minimum Gasteiger partial charge on any atom is -0.397 e. The zero-order chi connectivity index (χ0) is 13.8. The maximum absolute atomic E-state index is 12.1. The molecule has 2 aromatic rings. The van der Waals surface area contributed by atoms with Crippen molar-refractivity contribution in [1.29, 1.82) is 0 Å². The van der Waals surface area contributed by atoms with Crippen LogP contribution in [0.3, 0.4) is 0 Å². The standard InChI is InChI=1S/C14H18N2O2S/c1-9-4-5-10-11(8-9)19-13(12(10)15)14(17)16-6-3-7-18-2/h4-5,8H,3,6-7,15H2,1-2H3,(H,16,17). The van der Waals surface area contributed by atoms with Crippen molar-refractivity contribution >= 4 is 33.0 Å². The topological polar surface area (TPSA) is 64.3 Å². The van der Waals surface area contributed by atoms with E-state index in [-0.39, 0.29) is 5.91 Å². The number of fused-ring (bicyclic) bond motifs is 1. The molecule has 1 heterocycles. The van der Waals surface area contributed by atoms with Crippen molar-refractivity contribution in [3.05, 3.63) is 28.6 Å². The fraction of sp³-hybridized carbons (Fsp3) is 0.357. The van der Waals surface area contributed by atoms with Crippen LogP contribution in [0, 0.1) is 6.92 Å². The van der Waals surface area contributed by atoms with Crippen LogP contribution in [0.1, 0.15) is 21.7 Å². The van der Waals surface area contributed by atoms with Gasteiger partial charge in [0.15, 0.2) is 0 Å². The Kier molecular flexibility index (Phi) is 4.39. The van der Waals surface area contributed by atoms with E-state index in [2.05, 4.69) is 11.4 Å². The SMILES string of the molecule is COCCCNC(=O)c1sc2cc(C)ccc2c1N. The zero-order valence-corrected chi connectivity index (χ0v) is 12.0. The van der Waals surface area contributed by atoms with Gasteiger partial charge in [-0.05, 0) is 25.0 Å². The number of nitrogens with two attached hydrogens (primary N) is 1. The van der Waals surface area contributed by atoms with E-state index in [9.17, 15) is 4.79 Å². The number of methoxy groups -OCH3 is 1. The lowest BCUT2D eigenvalue weighted by atomic mass is 10.1. The van der Waals surface area contributed by atoms with E-state index in [0.29, 0.717) is 23.7 Å². The molecule has 0 unspecified atom stereocenters. The van der Waals surface area contributed by atoms with Gasteiger partial charge in [-0.15, -0.1) is 11.3 Å². The molecular formula is C14H18N2O2S. The monoisotopic (exact) mass is 278 g/mol. The molecule has 2 rings (SSSR count). The molecule has 3 N–H and O–H groups in total. The van der Waals surface area contributed by atoms with Crippen molar-refractivity contribution in [1.82, 2.24) is 5.32 Å². The van der Waals surface area contributed by atoms with Gasteiger partial charge in [-0.1, -0.05) is 12.1 Å². The molecule has 5 heteroatoms. The second-order valence-electron chi connectivity index (χ2n) is 4.45. The summed E-state index contributed by atoms with van der Waals surface area (Å²) in [5, 5.41) is 3.82. The molecule has 0 aliphatic heterocycles. The van der Waals surface area contributed by atoms with Crippen LogP contribution in [0.2, 0.25) is 0 Å². The number of carbonyl (C=O) groups excluding carboxylic acids is 1. The van der Waals surface area contributed by atoms with Crippen LogP contribution in [-0.2, 0) is 4.74 Å². The number of nitrogens with one attached hydrogen (secondary N) is 1. The fourth-order valence-electron chi connectivity index (χ4n) is 1.89. The number of amides is 1. The summed E-state index contributed by atoms with van der Waals surface area (Å²) in [6, 6.07) is 6.03. The largest absolute Gasteiger partial charge is 0.397 e. The minimum absolute atomic E-state index is 0.104. The Balaban J connectivity index is 2.15. The molecule has 19 heavy (non-hydrogen) atoms. The highest BCUT2D eigenvalue weighted by Crippen LogP contribution is 2.33. The lowest BCUT2D eigenvalue weighted by molar-refractivity contribution is 0.0953. The maximum atomic E-state index is 12.1. The quantitative estimate of drug-likeness (QED) is 0.826. The number of anilines is 1. The summed E-state index contributed by atoms with van der Waals surface area (Å²) < 4.78 is 6.00. The summed E-state index contributed by atoms with van der Waals surface area (Å²) in [5.41, 5.74) is 7.79. The number of ether oxygens (including phenoxy) is 1. The average Bonchev–Trinajstić information content (AvgIpc) is 2.71. The summed E-state index contributed by atoms with van der Waals surface area (Å²) in [6.07, 6.45) is 0.798. The molecule has 0 saturated heterocycles. The molecule has 1 aromatic carbocycles. The second-order valence-corrected chi connectivity index (χ2v) is 5.50. The Morgan fingerprint density at radius 1 is 1.47 bits per heavy atom. The Morgan fingerprint density at radius 2 is 2.26 bits per heavy atom. The van der Waals surface area contributed by atoms with Crippen LogP contribution in [0.15, 0.2) is 18.2 Å². The van der Waals surface area contributed by atoms with E-state index < -0.39 is 0 Å². The van der Waals surface area contributed by atoms with Crippen LogP contribution in [0.5, 0.6) is 0 Å². The lowest BCUT2D eigenvalue weighted by Gasteiger charge is -2.03. The van der Waals surface area contributed by atoms with Crippen LogP contribution in [-0.4, -0.2) is 26.2 Å². The van der Waals surface area contributed by atoms with E-state index in [1.54, 1.807) is 7.11 Å². The van der Waals surface area contributed by atoms with E-state index in [4.69, 9.17) is 10.5 Å². The third kappa shape index (κ3) is 3.05. The molecule has 1 aromatic heterocycles. The molecule has 0 fully saturated rings.